The van der Waals surface area contributed by atoms with Crippen LogP contribution in [0.1, 0.15) is 38.3 Å². The number of esters is 1. The highest BCUT2D eigenvalue weighted by Crippen LogP contribution is 2.18. The number of hydrogen-bond acceptors (Lipinski definition) is 5. The van der Waals surface area contributed by atoms with E-state index in [-0.39, 0.29) is 6.04 Å². The predicted octanol–water partition coefficient (Wildman–Crippen LogP) is 1.13. The van der Waals surface area contributed by atoms with Crippen LogP contribution in [-0.2, 0) is 20.9 Å². The average Bonchev–Trinajstić information content (AvgIpc) is 2.64. The molecule has 1 aromatic heterocycles. The zero-order valence-electron chi connectivity index (χ0n) is 15.3. The molecule has 0 spiro atoms. The summed E-state index contributed by atoms with van der Waals surface area (Å²) in [5, 5.41) is 2.89. The molecule has 2 rings (SSSR count). The third-order valence-electron chi connectivity index (χ3n) is 3.97. The van der Waals surface area contributed by atoms with Crippen LogP contribution in [0.5, 0.6) is 0 Å². The van der Waals surface area contributed by atoms with Crippen molar-refractivity contribution in [1.82, 2.24) is 14.9 Å². The lowest BCUT2D eigenvalue weighted by atomic mass is 10.0. The first-order chi connectivity index (χ1) is 12.9. The molecule has 2 aromatic rings. The maximum absolute atomic E-state index is 12.4. The first-order valence-electron chi connectivity index (χ1n) is 8.75. The monoisotopic (exact) mass is 373 g/mol. The van der Waals surface area contributed by atoms with E-state index < -0.39 is 35.8 Å². The number of aromatic amines is 1. The van der Waals surface area contributed by atoms with Crippen LogP contribution in [-0.4, -0.2) is 27.5 Å². The Morgan fingerprint density at radius 1 is 1.19 bits per heavy atom. The number of nitrogens with zero attached hydrogens (tertiary/aromatic N) is 1. The Balaban J connectivity index is 1.96. The van der Waals surface area contributed by atoms with Crippen molar-refractivity contribution >= 4 is 11.9 Å². The lowest BCUT2D eigenvalue weighted by Crippen LogP contribution is -2.39. The molecule has 8 nitrogen and oxygen atoms in total. The van der Waals surface area contributed by atoms with Crippen LogP contribution < -0.4 is 16.6 Å². The number of hydrogen-bond donors (Lipinski definition) is 2. The molecular weight excluding hydrogens is 350 g/mol. The lowest BCUT2D eigenvalue weighted by Gasteiger charge is -2.21. The largest absolute Gasteiger partial charge is 0.451 e. The normalized spacial score (nSPS) is 12.8. The van der Waals surface area contributed by atoms with Gasteiger partial charge in [0, 0.05) is 12.3 Å². The van der Waals surface area contributed by atoms with E-state index >= 15 is 0 Å². The van der Waals surface area contributed by atoms with Crippen molar-refractivity contribution in [3.63, 3.8) is 0 Å². The van der Waals surface area contributed by atoms with Gasteiger partial charge in [0.05, 0.1) is 6.04 Å². The Bertz CT molecular complexity index is 888. The van der Waals surface area contributed by atoms with E-state index in [0.717, 1.165) is 29.0 Å². The van der Waals surface area contributed by atoms with Crippen molar-refractivity contribution in [2.45, 2.75) is 45.4 Å². The molecule has 0 aliphatic carbocycles. The minimum atomic E-state index is -1.01. The van der Waals surface area contributed by atoms with Crippen LogP contribution in [0.25, 0.3) is 0 Å². The number of rotatable bonds is 8. The maximum atomic E-state index is 12.4. The summed E-state index contributed by atoms with van der Waals surface area (Å²) in [6.07, 6.45) is 1.81. The molecule has 0 radical (unpaired) electrons. The van der Waals surface area contributed by atoms with Crippen LogP contribution in [0.15, 0.2) is 52.2 Å². The van der Waals surface area contributed by atoms with Gasteiger partial charge in [-0.25, -0.2) is 4.79 Å². The summed E-state index contributed by atoms with van der Waals surface area (Å²) >= 11 is 0. The quantitative estimate of drug-likeness (QED) is 0.674. The number of amides is 1. The predicted molar refractivity (Wildman–Crippen MR) is 99.1 cm³/mol. The molecular formula is C19H23N3O5. The van der Waals surface area contributed by atoms with E-state index in [2.05, 4.69) is 5.32 Å². The minimum Gasteiger partial charge on any atom is -0.451 e. The lowest BCUT2D eigenvalue weighted by molar-refractivity contribution is -0.155. The summed E-state index contributed by atoms with van der Waals surface area (Å²) < 4.78 is 6.11. The van der Waals surface area contributed by atoms with Gasteiger partial charge >= 0.3 is 11.7 Å². The van der Waals surface area contributed by atoms with Gasteiger partial charge in [-0.3, -0.25) is 23.9 Å². The van der Waals surface area contributed by atoms with Crippen LogP contribution >= 0.6 is 0 Å². The van der Waals surface area contributed by atoms with E-state index in [9.17, 15) is 19.2 Å². The minimum absolute atomic E-state index is 0.174. The molecule has 1 amide bonds. The molecule has 0 fully saturated rings. The molecule has 1 heterocycles. The summed E-state index contributed by atoms with van der Waals surface area (Å²) in [5.74, 6) is -1.17. The highest BCUT2D eigenvalue weighted by atomic mass is 16.5. The Hall–Kier alpha value is -3.16. The van der Waals surface area contributed by atoms with E-state index in [0.29, 0.717) is 0 Å². The van der Waals surface area contributed by atoms with Gasteiger partial charge in [-0.1, -0.05) is 43.7 Å². The second-order valence-corrected chi connectivity index (χ2v) is 6.13. The fraction of sp³-hybridized carbons (Fsp3) is 0.368. The summed E-state index contributed by atoms with van der Waals surface area (Å²) in [7, 11) is 0. The molecule has 0 aliphatic rings. The van der Waals surface area contributed by atoms with Gasteiger partial charge in [0.25, 0.3) is 11.5 Å². The molecule has 0 bridgehead atoms. The van der Waals surface area contributed by atoms with Crippen molar-refractivity contribution < 1.29 is 14.3 Å². The zero-order chi connectivity index (χ0) is 19.8. The number of carbonyl (C=O) groups is 2. The zero-order valence-corrected chi connectivity index (χ0v) is 15.3. The van der Waals surface area contributed by atoms with Crippen molar-refractivity contribution in [2.75, 3.05) is 0 Å². The van der Waals surface area contributed by atoms with Crippen LogP contribution in [0.3, 0.4) is 0 Å². The summed E-state index contributed by atoms with van der Waals surface area (Å²) in [4.78, 5) is 49.1. The molecule has 0 aliphatic heterocycles. The Kier molecular flexibility index (Phi) is 7.10. The maximum Gasteiger partial charge on any atom is 0.328 e. The third-order valence-corrected chi connectivity index (χ3v) is 3.97. The van der Waals surface area contributed by atoms with Gasteiger partial charge in [-0.05, 0) is 18.9 Å². The Morgan fingerprint density at radius 3 is 2.52 bits per heavy atom. The number of benzene rings is 1. The fourth-order valence-electron chi connectivity index (χ4n) is 2.58. The first-order valence-corrected chi connectivity index (χ1v) is 8.75. The summed E-state index contributed by atoms with van der Waals surface area (Å²) in [6, 6.07) is 10.5. The van der Waals surface area contributed by atoms with Crippen molar-refractivity contribution in [2.24, 2.45) is 0 Å². The van der Waals surface area contributed by atoms with Crippen molar-refractivity contribution in [3.8, 4) is 0 Å². The smallest absolute Gasteiger partial charge is 0.328 e. The second kappa shape index (κ2) is 9.51. The van der Waals surface area contributed by atoms with Crippen molar-refractivity contribution in [3.05, 3.63) is 69.0 Å². The van der Waals surface area contributed by atoms with Gasteiger partial charge in [-0.15, -0.1) is 0 Å². The highest BCUT2D eigenvalue weighted by Gasteiger charge is 2.22. The second-order valence-electron chi connectivity index (χ2n) is 6.13. The molecule has 1 aromatic carbocycles. The molecule has 144 valence electrons. The molecule has 0 unspecified atom stereocenters. The Labute approximate surface area is 156 Å². The van der Waals surface area contributed by atoms with Crippen LogP contribution in [0.2, 0.25) is 0 Å². The number of H-pyrrole nitrogens is 1. The van der Waals surface area contributed by atoms with Gasteiger partial charge in [0.15, 0.2) is 6.10 Å². The molecule has 0 saturated heterocycles. The SMILES string of the molecule is CCC[C@@H](NC(=O)[C@H](C)OC(=O)Cn1ccc(=O)[nH]c1=O)c1ccccc1. The van der Waals surface area contributed by atoms with Gasteiger partial charge in [0.2, 0.25) is 0 Å². The molecule has 2 atom stereocenters. The van der Waals surface area contributed by atoms with E-state index in [1.165, 1.54) is 13.1 Å². The number of carbonyl (C=O) groups excluding carboxylic acids is 2. The topological polar surface area (TPSA) is 110 Å². The van der Waals surface area contributed by atoms with Gasteiger partial charge in [-0.2, -0.15) is 0 Å². The van der Waals surface area contributed by atoms with Gasteiger partial charge < -0.3 is 10.1 Å². The first kappa shape index (κ1) is 20.2. The van der Waals surface area contributed by atoms with Crippen molar-refractivity contribution in [1.29, 1.82) is 0 Å². The van der Waals surface area contributed by atoms with E-state index in [1.54, 1.807) is 0 Å². The number of ether oxygens (including phenoxy) is 1. The average molecular weight is 373 g/mol. The Morgan fingerprint density at radius 2 is 1.89 bits per heavy atom. The summed E-state index contributed by atoms with van der Waals surface area (Å²) in [6.45, 7) is 3.09. The summed E-state index contributed by atoms with van der Waals surface area (Å²) in [5.41, 5.74) is -0.296. The third kappa shape index (κ3) is 5.95. The molecule has 2 N–H and O–H groups in total. The molecule has 27 heavy (non-hydrogen) atoms. The fourth-order valence-corrected chi connectivity index (χ4v) is 2.58. The number of aromatic nitrogens is 2. The standard InChI is InChI=1S/C19H23N3O5/c1-3-7-15(14-8-5-4-6-9-14)20-18(25)13(2)27-17(24)12-22-11-10-16(23)21-19(22)26/h4-6,8-11,13,15H,3,7,12H2,1-2H3,(H,20,25)(H,21,23,26)/t13-,15+/m0/s1. The molecule has 8 heteroatoms. The number of nitrogens with one attached hydrogen (secondary N) is 2. The molecule has 0 saturated carbocycles. The van der Waals surface area contributed by atoms with E-state index in [4.69, 9.17) is 4.74 Å². The van der Waals surface area contributed by atoms with E-state index in [1.807, 2.05) is 42.2 Å². The highest BCUT2D eigenvalue weighted by molar-refractivity contribution is 5.83. The van der Waals surface area contributed by atoms with Crippen LogP contribution in [0.4, 0.5) is 0 Å². The van der Waals surface area contributed by atoms with Gasteiger partial charge in [0.1, 0.15) is 6.54 Å². The van der Waals surface area contributed by atoms with Crippen LogP contribution in [0, 0.1) is 0 Å².